The zero-order valence-corrected chi connectivity index (χ0v) is 14.0. The molecule has 0 bridgehead atoms. The number of carbonyl (C=O) groups excluding carboxylic acids is 1. The molecule has 0 unspecified atom stereocenters. The van der Waals surface area contributed by atoms with Crippen molar-refractivity contribution in [3.05, 3.63) is 29.7 Å². The van der Waals surface area contributed by atoms with Crippen molar-refractivity contribution in [2.45, 2.75) is 32.6 Å². The number of carboxylic acid groups (broad SMARTS) is 1. The van der Waals surface area contributed by atoms with Crippen molar-refractivity contribution in [3.8, 4) is 0 Å². The van der Waals surface area contributed by atoms with E-state index in [0.717, 1.165) is 12.6 Å². The van der Waals surface area contributed by atoms with Gasteiger partial charge in [0.15, 0.2) is 0 Å². The molecule has 0 radical (unpaired) electrons. The molecular weight excluding hydrogens is 360 g/mol. The van der Waals surface area contributed by atoms with E-state index in [2.05, 4.69) is 24.3 Å². The monoisotopic (exact) mass is 378 g/mol. The van der Waals surface area contributed by atoms with Crippen LogP contribution in [0, 0.1) is 5.82 Å². The molecule has 11 heteroatoms. The van der Waals surface area contributed by atoms with Crippen LogP contribution in [0.25, 0.3) is 10.9 Å². The molecule has 0 fully saturated rings. The Hall–Kier alpha value is -2.69. The summed E-state index contributed by atoms with van der Waals surface area (Å²) in [6.45, 7) is 5.51. The van der Waals surface area contributed by atoms with Gasteiger partial charge in [-0.15, -0.1) is 0 Å². The zero-order valence-electron chi connectivity index (χ0n) is 14.0. The molecule has 0 aliphatic heterocycles. The van der Waals surface area contributed by atoms with Gasteiger partial charge in [-0.05, 0) is 12.1 Å². The molecule has 2 rings (SSSR count). The summed E-state index contributed by atoms with van der Waals surface area (Å²) in [5.74, 6) is -3.91. The Morgan fingerprint density at radius 1 is 1.35 bits per heavy atom. The summed E-state index contributed by atoms with van der Waals surface area (Å²) >= 11 is 0. The molecule has 0 aliphatic rings. The molecule has 0 saturated heterocycles. The second kappa shape index (κ2) is 8.61. The molecule has 1 heterocycles. The average Bonchev–Trinajstić information content (AvgIpc) is 2.87. The van der Waals surface area contributed by atoms with Crippen LogP contribution < -0.4 is 11.1 Å². The number of nitrogens with one attached hydrogen (secondary N) is 1. The highest BCUT2D eigenvalue weighted by Gasteiger charge is 2.38. The van der Waals surface area contributed by atoms with Crippen molar-refractivity contribution in [1.29, 1.82) is 0 Å². The first-order valence-corrected chi connectivity index (χ1v) is 7.41. The van der Waals surface area contributed by atoms with E-state index >= 15 is 0 Å². The third kappa shape index (κ3) is 6.31. The van der Waals surface area contributed by atoms with E-state index < -0.39 is 23.9 Å². The SMILES string of the molecule is CC(C)NCCn1cc2cc(F)cc(C(N)=O)c2n1.O=C(O)C(F)(F)F. The van der Waals surface area contributed by atoms with Crippen LogP contribution in [0.4, 0.5) is 17.6 Å². The molecule has 0 aliphatic carbocycles. The lowest BCUT2D eigenvalue weighted by Gasteiger charge is -2.07. The minimum Gasteiger partial charge on any atom is -0.475 e. The van der Waals surface area contributed by atoms with E-state index in [4.69, 9.17) is 15.6 Å². The summed E-state index contributed by atoms with van der Waals surface area (Å²) in [4.78, 5) is 20.2. The largest absolute Gasteiger partial charge is 0.490 e. The molecule has 4 N–H and O–H groups in total. The van der Waals surface area contributed by atoms with Crippen molar-refractivity contribution in [3.63, 3.8) is 0 Å². The van der Waals surface area contributed by atoms with Crippen LogP contribution in [0.5, 0.6) is 0 Å². The Morgan fingerprint density at radius 3 is 2.38 bits per heavy atom. The van der Waals surface area contributed by atoms with E-state index in [1.54, 1.807) is 10.9 Å². The summed E-state index contributed by atoms with van der Waals surface area (Å²) in [6, 6.07) is 2.86. The number of amides is 1. The third-order valence-corrected chi connectivity index (χ3v) is 3.02. The van der Waals surface area contributed by atoms with Gasteiger partial charge in [0, 0.05) is 24.2 Å². The predicted molar refractivity (Wildman–Crippen MR) is 85.0 cm³/mol. The van der Waals surface area contributed by atoms with Crippen LogP contribution >= 0.6 is 0 Å². The summed E-state index contributed by atoms with van der Waals surface area (Å²) in [6.07, 6.45) is -3.37. The number of nitrogens with two attached hydrogens (primary N) is 1. The molecule has 0 atom stereocenters. The van der Waals surface area contributed by atoms with Gasteiger partial charge in [-0.1, -0.05) is 13.8 Å². The fraction of sp³-hybridized carbons (Fsp3) is 0.400. The highest BCUT2D eigenvalue weighted by Crippen LogP contribution is 2.19. The van der Waals surface area contributed by atoms with E-state index in [9.17, 15) is 22.4 Å². The van der Waals surface area contributed by atoms with Gasteiger partial charge >= 0.3 is 12.1 Å². The second-order valence-electron chi connectivity index (χ2n) is 5.56. The Bertz CT molecular complexity index is 787. The first-order chi connectivity index (χ1) is 11.9. The number of fused-ring (bicyclic) bond motifs is 1. The van der Waals surface area contributed by atoms with Crippen LogP contribution in [0.2, 0.25) is 0 Å². The molecule has 0 spiro atoms. The summed E-state index contributed by atoms with van der Waals surface area (Å²) in [7, 11) is 0. The van der Waals surface area contributed by atoms with Gasteiger partial charge in [-0.2, -0.15) is 18.3 Å². The Morgan fingerprint density at radius 2 is 1.92 bits per heavy atom. The number of hydrogen-bond donors (Lipinski definition) is 3. The normalized spacial score (nSPS) is 11.3. The van der Waals surface area contributed by atoms with Crippen LogP contribution in [0.15, 0.2) is 18.3 Å². The molecular formula is C15H18F4N4O3. The van der Waals surface area contributed by atoms with E-state index in [1.807, 2.05) is 0 Å². The fourth-order valence-corrected chi connectivity index (χ4v) is 1.92. The van der Waals surface area contributed by atoms with Crippen LogP contribution in [-0.2, 0) is 11.3 Å². The van der Waals surface area contributed by atoms with Gasteiger partial charge < -0.3 is 16.2 Å². The predicted octanol–water partition coefficient (Wildman–Crippen LogP) is 1.91. The number of primary amides is 1. The standard InChI is InChI=1S/C13H17FN4O.C2HF3O2/c1-8(2)16-3-4-18-7-9-5-10(14)6-11(13(15)19)12(9)17-18;3-2(4,5)1(6)7/h5-8,16H,3-4H2,1-2H3,(H2,15,19);(H,6,7). The highest BCUT2D eigenvalue weighted by molar-refractivity contribution is 6.04. The highest BCUT2D eigenvalue weighted by atomic mass is 19.4. The second-order valence-corrected chi connectivity index (χ2v) is 5.56. The van der Waals surface area contributed by atoms with Gasteiger partial charge in [0.05, 0.1) is 12.1 Å². The molecule has 0 saturated carbocycles. The maximum atomic E-state index is 13.4. The van der Waals surface area contributed by atoms with Gasteiger partial charge in [-0.3, -0.25) is 9.48 Å². The number of nitrogens with zero attached hydrogens (tertiary/aromatic N) is 2. The molecule has 144 valence electrons. The smallest absolute Gasteiger partial charge is 0.475 e. The maximum Gasteiger partial charge on any atom is 0.490 e. The summed E-state index contributed by atoms with van der Waals surface area (Å²) < 4.78 is 46.8. The van der Waals surface area contributed by atoms with Gasteiger partial charge in [0.1, 0.15) is 11.3 Å². The number of carbonyl (C=O) groups is 2. The maximum absolute atomic E-state index is 13.4. The van der Waals surface area contributed by atoms with Crippen molar-refractivity contribution in [2.75, 3.05) is 6.54 Å². The number of aromatic nitrogens is 2. The lowest BCUT2D eigenvalue weighted by Crippen LogP contribution is -2.26. The molecule has 1 amide bonds. The van der Waals surface area contributed by atoms with Crippen LogP contribution in [-0.4, -0.2) is 45.5 Å². The zero-order chi connectivity index (χ0) is 20.1. The number of aliphatic carboxylic acids is 1. The number of alkyl halides is 3. The van der Waals surface area contributed by atoms with Crippen molar-refractivity contribution in [2.24, 2.45) is 5.73 Å². The van der Waals surface area contributed by atoms with Crippen molar-refractivity contribution >= 4 is 22.8 Å². The number of benzene rings is 1. The molecule has 1 aromatic carbocycles. The lowest BCUT2D eigenvalue weighted by molar-refractivity contribution is -0.192. The Balaban J connectivity index is 0.000000412. The first-order valence-electron chi connectivity index (χ1n) is 7.41. The summed E-state index contributed by atoms with van der Waals surface area (Å²) in [5.41, 5.74) is 5.79. The van der Waals surface area contributed by atoms with Crippen molar-refractivity contribution in [1.82, 2.24) is 15.1 Å². The fourth-order valence-electron chi connectivity index (χ4n) is 1.92. The van der Waals surface area contributed by atoms with E-state index in [1.165, 1.54) is 6.07 Å². The molecule has 1 aromatic heterocycles. The van der Waals surface area contributed by atoms with E-state index in [-0.39, 0.29) is 5.56 Å². The Labute approximate surface area is 145 Å². The van der Waals surface area contributed by atoms with Crippen molar-refractivity contribution < 1.29 is 32.3 Å². The average molecular weight is 378 g/mol. The van der Waals surface area contributed by atoms with Crippen LogP contribution in [0.1, 0.15) is 24.2 Å². The Kier molecular flexibility index (Phi) is 7.07. The quantitative estimate of drug-likeness (QED) is 0.689. The number of rotatable bonds is 5. The van der Waals surface area contributed by atoms with Crippen LogP contribution in [0.3, 0.4) is 0 Å². The number of halogens is 4. The minimum absolute atomic E-state index is 0.116. The van der Waals surface area contributed by atoms with Gasteiger partial charge in [0.2, 0.25) is 0 Å². The number of carboxylic acids is 1. The van der Waals surface area contributed by atoms with Gasteiger partial charge in [-0.25, -0.2) is 9.18 Å². The summed E-state index contributed by atoms with van der Waals surface area (Å²) in [5, 5.41) is 15.2. The lowest BCUT2D eigenvalue weighted by atomic mass is 10.1. The molecule has 2 aromatic rings. The minimum atomic E-state index is -5.08. The molecule has 26 heavy (non-hydrogen) atoms. The third-order valence-electron chi connectivity index (χ3n) is 3.02. The molecule has 7 nitrogen and oxygen atoms in total. The first kappa shape index (κ1) is 21.4. The topological polar surface area (TPSA) is 110 Å². The number of hydrogen-bond acceptors (Lipinski definition) is 4. The van der Waals surface area contributed by atoms with E-state index in [0.29, 0.717) is 23.5 Å². The van der Waals surface area contributed by atoms with Gasteiger partial charge in [0.25, 0.3) is 5.91 Å².